The minimum Gasteiger partial charge on any atom is -0.207 e. The maximum atomic E-state index is 13.1. The zero-order valence-electron chi connectivity index (χ0n) is 15.7. The first-order valence-electron chi connectivity index (χ1n) is 10.00. The second-order valence-corrected chi connectivity index (χ2v) is 7.90. The van der Waals surface area contributed by atoms with E-state index in [9.17, 15) is 4.39 Å². The molecule has 2 aromatic carbocycles. The number of hydrogen-bond acceptors (Lipinski definition) is 0. The van der Waals surface area contributed by atoms with Gasteiger partial charge in [-0.05, 0) is 78.7 Å². The van der Waals surface area contributed by atoms with Gasteiger partial charge in [-0.3, -0.25) is 0 Å². The van der Waals surface area contributed by atoms with E-state index >= 15 is 0 Å². The van der Waals surface area contributed by atoms with Crippen LogP contribution in [0.2, 0.25) is 0 Å². The average molecular weight is 339 g/mol. The van der Waals surface area contributed by atoms with Crippen LogP contribution in [0.1, 0.15) is 80.9 Å². The van der Waals surface area contributed by atoms with Crippen molar-refractivity contribution in [2.24, 2.45) is 5.92 Å². The highest BCUT2D eigenvalue weighted by Gasteiger charge is 2.21. The van der Waals surface area contributed by atoms with Crippen LogP contribution in [-0.2, 0) is 6.42 Å². The van der Waals surface area contributed by atoms with Gasteiger partial charge < -0.3 is 0 Å². The maximum absolute atomic E-state index is 13.1. The molecule has 0 aliphatic heterocycles. The molecule has 0 N–H and O–H groups in total. The highest BCUT2D eigenvalue weighted by Crippen LogP contribution is 2.37. The lowest BCUT2D eigenvalue weighted by Crippen LogP contribution is -2.13. The van der Waals surface area contributed by atoms with Crippen LogP contribution in [0.15, 0.2) is 48.5 Å². The zero-order valence-corrected chi connectivity index (χ0v) is 15.7. The topological polar surface area (TPSA) is 0 Å². The molecule has 0 bridgehead atoms. The van der Waals surface area contributed by atoms with Crippen molar-refractivity contribution in [1.29, 1.82) is 0 Å². The Hall–Kier alpha value is -1.63. The van der Waals surface area contributed by atoms with Crippen molar-refractivity contribution < 1.29 is 4.39 Å². The molecule has 0 saturated heterocycles. The molecule has 0 heterocycles. The van der Waals surface area contributed by atoms with E-state index in [4.69, 9.17) is 0 Å². The molecule has 0 aromatic heterocycles. The van der Waals surface area contributed by atoms with Crippen LogP contribution in [0, 0.1) is 11.7 Å². The van der Waals surface area contributed by atoms with Gasteiger partial charge in [-0.15, -0.1) is 0 Å². The van der Waals surface area contributed by atoms with Gasteiger partial charge in [0.05, 0.1) is 0 Å². The fraction of sp³-hybridized carbons (Fsp3) is 0.500. The van der Waals surface area contributed by atoms with Crippen LogP contribution in [0.4, 0.5) is 4.39 Å². The molecule has 1 atom stereocenters. The van der Waals surface area contributed by atoms with E-state index in [-0.39, 0.29) is 5.82 Å². The monoisotopic (exact) mass is 338 g/mol. The molecular formula is C24H31F. The van der Waals surface area contributed by atoms with Gasteiger partial charge in [-0.25, -0.2) is 4.39 Å². The van der Waals surface area contributed by atoms with E-state index in [1.807, 2.05) is 12.1 Å². The summed E-state index contributed by atoms with van der Waals surface area (Å²) in [5.41, 5.74) is 4.10. The number of rotatable bonds is 6. The lowest BCUT2D eigenvalue weighted by molar-refractivity contribution is 0.308. The van der Waals surface area contributed by atoms with Crippen LogP contribution in [0.5, 0.6) is 0 Å². The van der Waals surface area contributed by atoms with Crippen molar-refractivity contribution in [3.05, 3.63) is 71.0 Å². The summed E-state index contributed by atoms with van der Waals surface area (Å²) in [5, 5.41) is 0. The zero-order chi connectivity index (χ0) is 17.6. The fourth-order valence-corrected chi connectivity index (χ4v) is 4.38. The first kappa shape index (κ1) is 18.2. The largest absolute Gasteiger partial charge is 0.207 e. The van der Waals surface area contributed by atoms with Crippen LogP contribution in [0.25, 0.3) is 0 Å². The molecule has 1 heteroatoms. The van der Waals surface area contributed by atoms with Crippen LogP contribution in [0.3, 0.4) is 0 Å². The van der Waals surface area contributed by atoms with Crippen LogP contribution >= 0.6 is 0 Å². The van der Waals surface area contributed by atoms with Gasteiger partial charge in [0.15, 0.2) is 0 Å². The summed E-state index contributed by atoms with van der Waals surface area (Å²) < 4.78 is 13.1. The molecule has 0 amide bonds. The molecule has 0 spiro atoms. The molecule has 1 saturated carbocycles. The van der Waals surface area contributed by atoms with Gasteiger partial charge in [0.25, 0.3) is 0 Å². The Bertz CT molecular complexity index is 633. The minimum absolute atomic E-state index is 0.158. The molecule has 2 aromatic rings. The molecule has 3 rings (SSSR count). The van der Waals surface area contributed by atoms with Crippen molar-refractivity contribution in [2.45, 2.75) is 70.6 Å². The van der Waals surface area contributed by atoms with E-state index in [1.165, 1.54) is 55.2 Å². The fourth-order valence-electron chi connectivity index (χ4n) is 4.38. The Balaban J connectivity index is 1.56. The van der Waals surface area contributed by atoms with E-state index < -0.39 is 0 Å². The van der Waals surface area contributed by atoms with Gasteiger partial charge in [-0.1, -0.05) is 63.1 Å². The highest BCUT2D eigenvalue weighted by molar-refractivity contribution is 5.28. The third kappa shape index (κ3) is 4.93. The quantitative estimate of drug-likeness (QED) is 0.520. The van der Waals surface area contributed by atoms with Crippen molar-refractivity contribution in [3.63, 3.8) is 0 Å². The Morgan fingerprint density at radius 1 is 0.920 bits per heavy atom. The van der Waals surface area contributed by atoms with Crippen molar-refractivity contribution >= 4 is 0 Å². The van der Waals surface area contributed by atoms with Crippen molar-refractivity contribution in [3.8, 4) is 0 Å². The molecule has 25 heavy (non-hydrogen) atoms. The van der Waals surface area contributed by atoms with Crippen molar-refractivity contribution in [1.82, 2.24) is 0 Å². The summed E-state index contributed by atoms with van der Waals surface area (Å²) in [6.45, 7) is 4.52. The van der Waals surface area contributed by atoms with E-state index in [0.717, 1.165) is 18.3 Å². The standard InChI is InChI=1S/C24H31F/c1-3-4-19-5-9-22(10-6-19)23-11-7-20(8-12-23)17-18(2)21-13-15-24(25)16-14-21/h7-8,11-16,18-19,22H,3-6,9-10,17H2,1-2H3/t18-,19?,22?/m1/s1. The van der Waals surface area contributed by atoms with E-state index in [1.54, 1.807) is 12.1 Å². The Morgan fingerprint density at radius 3 is 2.16 bits per heavy atom. The van der Waals surface area contributed by atoms with E-state index in [2.05, 4.69) is 38.1 Å². The maximum Gasteiger partial charge on any atom is 0.123 e. The minimum atomic E-state index is -0.158. The molecular weight excluding hydrogens is 307 g/mol. The van der Waals surface area contributed by atoms with Gasteiger partial charge in [0.2, 0.25) is 0 Å². The molecule has 134 valence electrons. The Labute approximate surface area is 152 Å². The Morgan fingerprint density at radius 2 is 1.56 bits per heavy atom. The lowest BCUT2D eigenvalue weighted by atomic mass is 9.77. The van der Waals surface area contributed by atoms with E-state index in [0.29, 0.717) is 5.92 Å². The summed E-state index contributed by atoms with van der Waals surface area (Å²) in [6.07, 6.45) is 9.27. The normalized spacial score (nSPS) is 21.9. The highest BCUT2D eigenvalue weighted by atomic mass is 19.1. The van der Waals surface area contributed by atoms with Gasteiger partial charge in [0.1, 0.15) is 5.82 Å². The molecule has 1 aliphatic rings. The van der Waals surface area contributed by atoms with Crippen LogP contribution < -0.4 is 0 Å². The lowest BCUT2D eigenvalue weighted by Gasteiger charge is -2.28. The second kappa shape index (κ2) is 8.65. The summed E-state index contributed by atoms with van der Waals surface area (Å²) in [4.78, 5) is 0. The predicted octanol–water partition coefficient (Wildman–Crippen LogP) is 7.25. The predicted molar refractivity (Wildman–Crippen MR) is 105 cm³/mol. The molecule has 0 unspecified atom stereocenters. The summed E-state index contributed by atoms with van der Waals surface area (Å²) in [5.74, 6) is 1.98. The summed E-state index contributed by atoms with van der Waals surface area (Å²) in [6, 6.07) is 16.2. The SMILES string of the molecule is CCCC1CCC(c2ccc(C[C@@H](C)c3ccc(F)cc3)cc2)CC1. The molecule has 0 nitrogen and oxygen atoms in total. The number of hydrogen-bond donors (Lipinski definition) is 0. The number of halogens is 1. The first-order valence-corrected chi connectivity index (χ1v) is 10.00. The van der Waals surface area contributed by atoms with Gasteiger partial charge >= 0.3 is 0 Å². The van der Waals surface area contributed by atoms with Crippen molar-refractivity contribution in [2.75, 3.05) is 0 Å². The second-order valence-electron chi connectivity index (χ2n) is 7.90. The Kier molecular flexibility index (Phi) is 6.29. The average Bonchev–Trinajstić information content (AvgIpc) is 2.64. The smallest absolute Gasteiger partial charge is 0.123 e. The summed E-state index contributed by atoms with van der Waals surface area (Å²) >= 11 is 0. The summed E-state index contributed by atoms with van der Waals surface area (Å²) in [7, 11) is 0. The van der Waals surface area contributed by atoms with Gasteiger partial charge in [-0.2, -0.15) is 0 Å². The molecule has 0 radical (unpaired) electrons. The molecule has 1 fully saturated rings. The van der Waals surface area contributed by atoms with Crippen LogP contribution in [-0.4, -0.2) is 0 Å². The molecule has 1 aliphatic carbocycles. The first-order chi connectivity index (χ1) is 12.2. The van der Waals surface area contributed by atoms with Gasteiger partial charge in [0, 0.05) is 0 Å². The number of benzene rings is 2. The third-order valence-electron chi connectivity index (χ3n) is 5.98. The third-order valence-corrected chi connectivity index (χ3v) is 5.98.